The van der Waals surface area contributed by atoms with Crippen LogP contribution in [-0.4, -0.2) is 42.9 Å². The maximum Gasteiger partial charge on any atom is 0.265 e. The molecule has 0 saturated heterocycles. The van der Waals surface area contributed by atoms with Crippen LogP contribution in [0.2, 0.25) is 0 Å². The summed E-state index contributed by atoms with van der Waals surface area (Å²) in [6.45, 7) is 13.1. The molecule has 0 radical (unpaired) electrons. The number of nitrogens with zero attached hydrogens (tertiary/aromatic N) is 2. The molecule has 2 amide bonds. The molecule has 1 aliphatic heterocycles. The Morgan fingerprint density at radius 1 is 0.905 bits per heavy atom. The molecule has 1 heterocycles. The molecular weight excluding hydrogens is 538 g/mol. The highest BCUT2D eigenvalue weighted by atomic mass is 32.2. The van der Waals surface area contributed by atoms with Crippen LogP contribution in [0.15, 0.2) is 76.5 Å². The molecule has 5 nitrogen and oxygen atoms in total. The Labute approximate surface area is 256 Å². The lowest BCUT2D eigenvalue weighted by Crippen LogP contribution is -2.34. The van der Waals surface area contributed by atoms with Gasteiger partial charge in [-0.1, -0.05) is 86.5 Å². The number of thioether (sulfide) groups is 1. The summed E-state index contributed by atoms with van der Waals surface area (Å²) in [5.74, 6) is -0.0621. The first-order valence-electron chi connectivity index (χ1n) is 15.4. The minimum absolute atomic E-state index is 0.00616. The van der Waals surface area contributed by atoms with Crippen LogP contribution in [0.5, 0.6) is 0 Å². The van der Waals surface area contributed by atoms with Crippen molar-refractivity contribution in [2.45, 2.75) is 71.2 Å². The van der Waals surface area contributed by atoms with E-state index in [2.05, 4.69) is 62.2 Å². The van der Waals surface area contributed by atoms with E-state index in [4.69, 9.17) is 0 Å². The Morgan fingerprint density at radius 2 is 1.60 bits per heavy atom. The average Bonchev–Trinajstić information content (AvgIpc) is 3.00. The Bertz CT molecular complexity index is 1370. The third-order valence-electron chi connectivity index (χ3n) is 7.73. The second kappa shape index (κ2) is 15.8. The normalized spacial score (nSPS) is 14.0. The van der Waals surface area contributed by atoms with Gasteiger partial charge in [-0.3, -0.25) is 9.59 Å². The van der Waals surface area contributed by atoms with E-state index in [0.29, 0.717) is 23.6 Å². The number of amides is 2. The summed E-state index contributed by atoms with van der Waals surface area (Å²) in [6, 6.07) is 22.0. The number of anilines is 1. The number of rotatable bonds is 14. The van der Waals surface area contributed by atoms with Crippen molar-refractivity contribution < 1.29 is 9.59 Å². The van der Waals surface area contributed by atoms with Gasteiger partial charge in [-0.15, -0.1) is 0 Å². The SMILES string of the molecule is CCCCN(CCCC)CCCNC(=O)c1ccc(C=C2Sc3ccccc3N(Cc3cc(C)ccc3C)C2=O)cc1. The number of hydrogen-bond acceptors (Lipinski definition) is 4. The molecule has 4 rings (SSSR count). The minimum atomic E-state index is -0.0559. The van der Waals surface area contributed by atoms with Crippen LogP contribution in [0.3, 0.4) is 0 Å². The Morgan fingerprint density at radius 3 is 2.31 bits per heavy atom. The van der Waals surface area contributed by atoms with Crippen LogP contribution >= 0.6 is 11.8 Å². The summed E-state index contributed by atoms with van der Waals surface area (Å²) < 4.78 is 0. The fourth-order valence-corrected chi connectivity index (χ4v) is 6.21. The number of unbranched alkanes of at least 4 members (excludes halogenated alkanes) is 2. The zero-order chi connectivity index (χ0) is 29.9. The van der Waals surface area contributed by atoms with Crippen LogP contribution in [0, 0.1) is 13.8 Å². The van der Waals surface area contributed by atoms with Gasteiger partial charge in [-0.25, -0.2) is 0 Å². The number of fused-ring (bicyclic) bond motifs is 1. The molecule has 42 heavy (non-hydrogen) atoms. The molecule has 0 spiro atoms. The van der Waals surface area contributed by atoms with Gasteiger partial charge in [0, 0.05) is 17.0 Å². The van der Waals surface area contributed by atoms with E-state index < -0.39 is 0 Å². The van der Waals surface area contributed by atoms with Crippen molar-refractivity contribution >= 4 is 35.3 Å². The molecular formula is C36H45N3O2S. The third-order valence-corrected chi connectivity index (χ3v) is 8.81. The Kier molecular flexibility index (Phi) is 11.8. The van der Waals surface area contributed by atoms with Crippen LogP contribution in [0.4, 0.5) is 5.69 Å². The number of carbonyl (C=O) groups excluding carboxylic acids is 2. The highest BCUT2D eigenvalue weighted by Gasteiger charge is 2.29. The highest BCUT2D eigenvalue weighted by Crippen LogP contribution is 2.42. The van der Waals surface area contributed by atoms with Crippen LogP contribution in [0.1, 0.15) is 78.6 Å². The molecule has 0 aliphatic carbocycles. The summed E-state index contributed by atoms with van der Waals surface area (Å²) >= 11 is 1.50. The number of hydrogen-bond donors (Lipinski definition) is 1. The van der Waals surface area contributed by atoms with E-state index in [0.717, 1.165) is 47.8 Å². The molecule has 3 aromatic carbocycles. The largest absolute Gasteiger partial charge is 0.352 e. The van der Waals surface area contributed by atoms with Gasteiger partial charge in [0.05, 0.1) is 17.1 Å². The second-order valence-corrected chi connectivity index (χ2v) is 12.3. The quantitative estimate of drug-likeness (QED) is 0.154. The van der Waals surface area contributed by atoms with Gasteiger partial charge in [0.2, 0.25) is 0 Å². The first kappa shape index (κ1) is 31.6. The zero-order valence-corrected chi connectivity index (χ0v) is 26.4. The molecule has 0 bridgehead atoms. The van der Waals surface area contributed by atoms with Crippen LogP contribution in [-0.2, 0) is 11.3 Å². The minimum Gasteiger partial charge on any atom is -0.352 e. The molecule has 222 valence electrons. The van der Waals surface area contributed by atoms with Gasteiger partial charge in [-0.2, -0.15) is 0 Å². The zero-order valence-electron chi connectivity index (χ0n) is 25.6. The Balaban J connectivity index is 1.40. The van der Waals surface area contributed by atoms with Gasteiger partial charge in [0.25, 0.3) is 11.8 Å². The molecule has 0 saturated carbocycles. The molecule has 0 aromatic heterocycles. The van der Waals surface area contributed by atoms with Gasteiger partial charge in [0.15, 0.2) is 0 Å². The van der Waals surface area contributed by atoms with Crippen molar-refractivity contribution in [3.05, 3.63) is 99.5 Å². The molecule has 3 aromatic rings. The maximum absolute atomic E-state index is 13.7. The van der Waals surface area contributed by atoms with E-state index in [9.17, 15) is 9.59 Å². The van der Waals surface area contributed by atoms with E-state index >= 15 is 0 Å². The van der Waals surface area contributed by atoms with E-state index in [1.165, 1.54) is 48.6 Å². The van der Waals surface area contributed by atoms with Gasteiger partial charge in [0.1, 0.15) is 0 Å². The highest BCUT2D eigenvalue weighted by molar-refractivity contribution is 8.04. The predicted molar refractivity (Wildman–Crippen MR) is 177 cm³/mol. The molecule has 0 unspecified atom stereocenters. The first-order valence-corrected chi connectivity index (χ1v) is 16.2. The topological polar surface area (TPSA) is 52.7 Å². The number of benzene rings is 3. The standard InChI is InChI=1S/C36H45N3O2S/c1-5-7-21-38(22-8-6-2)23-11-20-37-35(40)30-18-16-29(17-19-30)25-34-36(41)39(32-12-9-10-13-33(32)42-34)26-31-24-27(3)14-15-28(31)4/h9-10,12-19,24-25H,5-8,11,20-23,26H2,1-4H3,(H,37,40). The van der Waals surface area contributed by atoms with Crippen molar-refractivity contribution in [2.24, 2.45) is 0 Å². The molecule has 0 fully saturated rings. The summed E-state index contributed by atoms with van der Waals surface area (Å²) in [5, 5.41) is 3.08. The molecule has 6 heteroatoms. The van der Waals surface area contributed by atoms with Gasteiger partial charge < -0.3 is 15.1 Å². The van der Waals surface area contributed by atoms with Crippen LogP contribution in [0.25, 0.3) is 6.08 Å². The smallest absolute Gasteiger partial charge is 0.265 e. The monoisotopic (exact) mass is 583 g/mol. The van der Waals surface area contributed by atoms with E-state index in [1.807, 2.05) is 53.4 Å². The third kappa shape index (κ3) is 8.59. The second-order valence-electron chi connectivity index (χ2n) is 11.2. The summed E-state index contributed by atoms with van der Waals surface area (Å²) in [5.41, 5.74) is 5.98. The fourth-order valence-electron chi connectivity index (χ4n) is 5.15. The summed E-state index contributed by atoms with van der Waals surface area (Å²) in [6.07, 6.45) is 7.74. The van der Waals surface area contributed by atoms with Crippen molar-refractivity contribution in [2.75, 3.05) is 31.1 Å². The van der Waals surface area contributed by atoms with E-state index in [1.54, 1.807) is 0 Å². The molecule has 0 atom stereocenters. The lowest BCUT2D eigenvalue weighted by atomic mass is 10.0. The fraction of sp³-hybridized carbons (Fsp3) is 0.389. The van der Waals surface area contributed by atoms with Crippen LogP contribution < -0.4 is 10.2 Å². The molecule has 1 N–H and O–H groups in total. The number of carbonyl (C=O) groups is 2. The van der Waals surface area contributed by atoms with Gasteiger partial charge in [-0.05, 0) is 99.8 Å². The van der Waals surface area contributed by atoms with Crippen molar-refractivity contribution in [3.8, 4) is 0 Å². The van der Waals surface area contributed by atoms with Crippen molar-refractivity contribution in [3.63, 3.8) is 0 Å². The lowest BCUT2D eigenvalue weighted by Gasteiger charge is -2.31. The van der Waals surface area contributed by atoms with Crippen molar-refractivity contribution in [1.82, 2.24) is 10.2 Å². The average molecular weight is 584 g/mol. The summed E-state index contributed by atoms with van der Waals surface area (Å²) in [4.78, 5) is 32.7. The van der Waals surface area contributed by atoms with E-state index in [-0.39, 0.29) is 11.8 Å². The van der Waals surface area contributed by atoms with Gasteiger partial charge >= 0.3 is 0 Å². The number of nitrogens with one attached hydrogen (secondary N) is 1. The lowest BCUT2D eigenvalue weighted by molar-refractivity contribution is -0.114. The maximum atomic E-state index is 13.7. The number of para-hydroxylation sites is 1. The summed E-state index contributed by atoms with van der Waals surface area (Å²) in [7, 11) is 0. The number of aryl methyl sites for hydroxylation is 2. The van der Waals surface area contributed by atoms with Crippen molar-refractivity contribution in [1.29, 1.82) is 0 Å². The molecule has 1 aliphatic rings. The predicted octanol–water partition coefficient (Wildman–Crippen LogP) is 8.01. The first-order chi connectivity index (χ1) is 20.4. The Hall–Kier alpha value is -3.35.